The summed E-state index contributed by atoms with van der Waals surface area (Å²) in [7, 11) is -1.35. The number of benzene rings is 1. The second kappa shape index (κ2) is 9.04. The Balaban J connectivity index is 1.72. The van der Waals surface area contributed by atoms with E-state index in [1.165, 1.54) is 25.7 Å². The molecule has 0 bridgehead atoms. The number of aromatic nitrogens is 1. The SMILES string of the molecule is Cc1cccc(CS(=O)(=O)NCC(c2cccn2C)N2CCCCCC2)c1. The third kappa shape index (κ3) is 5.67. The molecule has 5 nitrogen and oxygen atoms in total. The first-order chi connectivity index (χ1) is 12.9. The van der Waals surface area contributed by atoms with Crippen LogP contribution in [0.25, 0.3) is 0 Å². The van der Waals surface area contributed by atoms with Crippen LogP contribution in [-0.2, 0) is 22.8 Å². The number of aryl methyl sites for hydroxylation is 2. The summed E-state index contributed by atoms with van der Waals surface area (Å²) >= 11 is 0. The Morgan fingerprint density at radius 3 is 2.44 bits per heavy atom. The molecule has 1 aromatic heterocycles. The topological polar surface area (TPSA) is 54.3 Å². The van der Waals surface area contributed by atoms with E-state index in [1.54, 1.807) is 0 Å². The average molecular weight is 390 g/mol. The summed E-state index contributed by atoms with van der Waals surface area (Å²) in [5.41, 5.74) is 3.07. The number of nitrogens with one attached hydrogen (secondary N) is 1. The maximum Gasteiger partial charge on any atom is 0.215 e. The fraction of sp³-hybridized carbons (Fsp3) is 0.524. The second-order valence-corrected chi connectivity index (χ2v) is 9.41. The van der Waals surface area contributed by atoms with E-state index in [9.17, 15) is 8.42 Å². The smallest absolute Gasteiger partial charge is 0.215 e. The Morgan fingerprint density at radius 2 is 1.81 bits per heavy atom. The van der Waals surface area contributed by atoms with Gasteiger partial charge in [-0.2, -0.15) is 0 Å². The standard InChI is InChI=1S/C21H31N3O2S/c1-18-9-7-10-19(15-18)17-27(25,26)22-16-21(20-11-8-12-23(20)2)24-13-5-3-4-6-14-24/h7-12,15,21-22H,3-6,13-14,16-17H2,1-2H3. The zero-order valence-electron chi connectivity index (χ0n) is 16.4. The van der Waals surface area contributed by atoms with Crippen molar-refractivity contribution >= 4 is 10.0 Å². The van der Waals surface area contributed by atoms with Crippen molar-refractivity contribution in [1.29, 1.82) is 0 Å². The predicted octanol–water partition coefficient (Wildman–Crippen LogP) is 3.37. The van der Waals surface area contributed by atoms with Crippen LogP contribution in [-0.4, -0.2) is 37.5 Å². The molecule has 6 heteroatoms. The minimum absolute atomic E-state index is 0.0224. The summed E-state index contributed by atoms with van der Waals surface area (Å²) in [5.74, 6) is 0.0224. The summed E-state index contributed by atoms with van der Waals surface area (Å²) in [5, 5.41) is 0. The predicted molar refractivity (Wildman–Crippen MR) is 110 cm³/mol. The molecular formula is C21H31N3O2S. The number of likely N-dealkylation sites (tertiary alicyclic amines) is 1. The van der Waals surface area contributed by atoms with Gasteiger partial charge in [0.1, 0.15) is 0 Å². The summed E-state index contributed by atoms with van der Waals surface area (Å²) in [6.45, 7) is 4.44. The molecule has 2 aromatic rings. The van der Waals surface area contributed by atoms with Gasteiger partial charge in [0, 0.05) is 25.5 Å². The summed E-state index contributed by atoms with van der Waals surface area (Å²) in [6, 6.07) is 11.9. The van der Waals surface area contributed by atoms with Gasteiger partial charge in [0.25, 0.3) is 0 Å². The van der Waals surface area contributed by atoms with Crippen molar-refractivity contribution in [3.63, 3.8) is 0 Å². The van der Waals surface area contributed by atoms with E-state index in [0.29, 0.717) is 6.54 Å². The maximum absolute atomic E-state index is 12.7. The first kappa shape index (κ1) is 20.1. The van der Waals surface area contributed by atoms with Crippen LogP contribution in [0.3, 0.4) is 0 Å². The Kier molecular flexibility index (Phi) is 6.73. The van der Waals surface area contributed by atoms with Crippen molar-refractivity contribution in [2.45, 2.75) is 44.4 Å². The molecule has 3 rings (SSSR count). The largest absolute Gasteiger partial charge is 0.353 e. The molecule has 1 aromatic carbocycles. The third-order valence-electron chi connectivity index (χ3n) is 5.34. The summed E-state index contributed by atoms with van der Waals surface area (Å²) < 4.78 is 30.3. The lowest BCUT2D eigenvalue weighted by atomic mass is 10.1. The molecule has 0 amide bonds. The van der Waals surface area contributed by atoms with E-state index in [2.05, 4.69) is 20.3 Å². The fourth-order valence-electron chi connectivity index (χ4n) is 3.93. The monoisotopic (exact) mass is 389 g/mol. The van der Waals surface area contributed by atoms with E-state index in [1.807, 2.05) is 50.5 Å². The van der Waals surface area contributed by atoms with Gasteiger partial charge in [-0.05, 0) is 50.6 Å². The zero-order chi connectivity index (χ0) is 19.3. The first-order valence-corrected chi connectivity index (χ1v) is 11.5. The van der Waals surface area contributed by atoms with E-state index in [4.69, 9.17) is 0 Å². The molecular weight excluding hydrogens is 358 g/mol. The van der Waals surface area contributed by atoms with Gasteiger partial charge in [0.2, 0.25) is 10.0 Å². The molecule has 27 heavy (non-hydrogen) atoms. The lowest BCUT2D eigenvalue weighted by Gasteiger charge is -2.31. The van der Waals surface area contributed by atoms with Crippen molar-refractivity contribution in [1.82, 2.24) is 14.2 Å². The molecule has 2 heterocycles. The van der Waals surface area contributed by atoms with Gasteiger partial charge in [-0.15, -0.1) is 0 Å². The number of hydrogen-bond donors (Lipinski definition) is 1. The molecule has 1 N–H and O–H groups in total. The maximum atomic E-state index is 12.7. The van der Waals surface area contributed by atoms with E-state index in [0.717, 1.165) is 29.9 Å². The van der Waals surface area contributed by atoms with Crippen LogP contribution in [0, 0.1) is 6.92 Å². The average Bonchev–Trinajstić information content (AvgIpc) is 2.86. The van der Waals surface area contributed by atoms with Crippen LogP contribution < -0.4 is 4.72 Å². The summed E-state index contributed by atoms with van der Waals surface area (Å²) in [6.07, 6.45) is 6.90. The van der Waals surface area contributed by atoms with Gasteiger partial charge < -0.3 is 4.57 Å². The van der Waals surface area contributed by atoms with Crippen molar-refractivity contribution in [3.05, 3.63) is 59.4 Å². The lowest BCUT2D eigenvalue weighted by molar-refractivity contribution is 0.199. The van der Waals surface area contributed by atoms with Crippen LogP contribution in [0.5, 0.6) is 0 Å². The zero-order valence-corrected chi connectivity index (χ0v) is 17.2. The third-order valence-corrected chi connectivity index (χ3v) is 6.66. The van der Waals surface area contributed by atoms with Crippen molar-refractivity contribution in [2.75, 3.05) is 19.6 Å². The molecule has 0 spiro atoms. The Bertz CT molecular complexity index is 837. The number of rotatable bonds is 7. The van der Waals surface area contributed by atoms with Crippen LogP contribution >= 0.6 is 0 Å². The van der Waals surface area contributed by atoms with Crippen LogP contribution in [0.1, 0.15) is 48.5 Å². The van der Waals surface area contributed by atoms with Gasteiger partial charge in [-0.1, -0.05) is 42.7 Å². The number of sulfonamides is 1. The molecule has 148 valence electrons. The summed E-state index contributed by atoms with van der Waals surface area (Å²) in [4.78, 5) is 2.44. The van der Waals surface area contributed by atoms with Gasteiger partial charge >= 0.3 is 0 Å². The molecule has 1 saturated heterocycles. The molecule has 0 aliphatic carbocycles. The Hall–Kier alpha value is -1.63. The highest BCUT2D eigenvalue weighted by molar-refractivity contribution is 7.88. The van der Waals surface area contributed by atoms with Gasteiger partial charge in [0.15, 0.2) is 0 Å². The van der Waals surface area contributed by atoms with Crippen LogP contribution in [0.2, 0.25) is 0 Å². The molecule has 1 atom stereocenters. The first-order valence-electron chi connectivity index (χ1n) is 9.83. The van der Waals surface area contributed by atoms with Crippen molar-refractivity contribution in [3.8, 4) is 0 Å². The Morgan fingerprint density at radius 1 is 1.07 bits per heavy atom. The molecule has 1 aliphatic rings. The minimum Gasteiger partial charge on any atom is -0.353 e. The number of nitrogens with zero attached hydrogens (tertiary/aromatic N) is 2. The van der Waals surface area contributed by atoms with Crippen LogP contribution in [0.4, 0.5) is 0 Å². The van der Waals surface area contributed by atoms with E-state index < -0.39 is 10.0 Å². The van der Waals surface area contributed by atoms with Gasteiger partial charge in [-0.25, -0.2) is 13.1 Å². The Labute approximate surface area is 163 Å². The van der Waals surface area contributed by atoms with Gasteiger partial charge in [-0.3, -0.25) is 4.90 Å². The minimum atomic E-state index is -3.38. The van der Waals surface area contributed by atoms with Gasteiger partial charge in [0.05, 0.1) is 11.8 Å². The number of hydrogen-bond acceptors (Lipinski definition) is 3. The lowest BCUT2D eigenvalue weighted by Crippen LogP contribution is -2.39. The van der Waals surface area contributed by atoms with E-state index in [-0.39, 0.29) is 11.8 Å². The highest BCUT2D eigenvalue weighted by Crippen LogP contribution is 2.24. The second-order valence-electron chi connectivity index (χ2n) is 7.61. The quantitative estimate of drug-likeness (QED) is 0.790. The molecule has 0 radical (unpaired) electrons. The van der Waals surface area contributed by atoms with Crippen molar-refractivity contribution < 1.29 is 8.42 Å². The van der Waals surface area contributed by atoms with Crippen molar-refractivity contribution in [2.24, 2.45) is 7.05 Å². The molecule has 1 fully saturated rings. The van der Waals surface area contributed by atoms with E-state index >= 15 is 0 Å². The normalized spacial score (nSPS) is 17.6. The highest BCUT2D eigenvalue weighted by Gasteiger charge is 2.25. The molecule has 1 aliphatic heterocycles. The fourth-order valence-corrected chi connectivity index (χ4v) is 5.06. The van der Waals surface area contributed by atoms with Crippen LogP contribution in [0.15, 0.2) is 42.6 Å². The highest BCUT2D eigenvalue weighted by atomic mass is 32.2. The molecule has 0 saturated carbocycles. The molecule has 1 unspecified atom stereocenters.